The lowest BCUT2D eigenvalue weighted by Gasteiger charge is -2.17. The molecule has 0 aromatic rings. The molecule has 1 saturated heterocycles. The smallest absolute Gasteiger partial charge is 0.0604 e. The maximum atomic E-state index is 5.06. The van der Waals surface area contributed by atoms with E-state index in [1.807, 2.05) is 0 Å². The molecule has 0 aromatic carbocycles. The van der Waals surface area contributed by atoms with Crippen LogP contribution in [0, 0.1) is 0 Å². The third-order valence-electron chi connectivity index (χ3n) is 2.73. The van der Waals surface area contributed by atoms with Gasteiger partial charge < -0.3 is 4.74 Å². The van der Waals surface area contributed by atoms with E-state index in [2.05, 4.69) is 29.5 Å². The van der Waals surface area contributed by atoms with Gasteiger partial charge >= 0.3 is 0 Å². The molecule has 0 aromatic heterocycles. The molecule has 84 valence electrons. The minimum absolute atomic E-state index is 0.659. The van der Waals surface area contributed by atoms with Crippen molar-refractivity contribution in [2.24, 2.45) is 0 Å². The number of nitrogens with zero attached hydrogens (tertiary/aromatic N) is 2. The maximum Gasteiger partial charge on any atom is 0.0604 e. The van der Waals surface area contributed by atoms with E-state index in [0.29, 0.717) is 6.04 Å². The molecule has 0 spiro atoms. The summed E-state index contributed by atoms with van der Waals surface area (Å²) in [7, 11) is 3.86. The monoisotopic (exact) mass is 201 g/mol. The quantitative estimate of drug-likeness (QED) is 0.690. The van der Waals surface area contributed by atoms with E-state index in [1.165, 1.54) is 19.3 Å². The highest BCUT2D eigenvalue weighted by Gasteiger charge is 2.25. The van der Waals surface area contributed by atoms with Crippen LogP contribution in [0.3, 0.4) is 0 Å². The van der Waals surface area contributed by atoms with Crippen LogP contribution < -0.4 is 5.53 Å². The Labute approximate surface area is 87.1 Å². The van der Waals surface area contributed by atoms with Gasteiger partial charge in [-0.05, 0) is 6.42 Å². The molecule has 4 nitrogen and oxygen atoms in total. The van der Waals surface area contributed by atoms with Gasteiger partial charge in [-0.25, -0.2) is 10.0 Å². The minimum atomic E-state index is 0.659. The molecule has 0 amide bonds. The SMILES string of the molecule is CCCCC1CN(CCOC)NN1C. The molecule has 1 unspecified atom stereocenters. The zero-order valence-corrected chi connectivity index (χ0v) is 9.62. The van der Waals surface area contributed by atoms with Gasteiger partial charge in [-0.15, -0.1) is 0 Å². The second-order valence-corrected chi connectivity index (χ2v) is 3.95. The Bertz CT molecular complexity index is 154. The van der Waals surface area contributed by atoms with Crippen molar-refractivity contribution >= 4 is 0 Å². The topological polar surface area (TPSA) is 27.7 Å². The van der Waals surface area contributed by atoms with Gasteiger partial charge in [0, 0.05) is 33.3 Å². The van der Waals surface area contributed by atoms with Crippen molar-refractivity contribution in [3.8, 4) is 0 Å². The third-order valence-corrected chi connectivity index (χ3v) is 2.73. The molecule has 1 heterocycles. The number of hydrogen-bond acceptors (Lipinski definition) is 4. The van der Waals surface area contributed by atoms with E-state index in [0.717, 1.165) is 19.7 Å². The predicted octanol–water partition coefficient (Wildman–Crippen LogP) is 0.859. The van der Waals surface area contributed by atoms with E-state index < -0.39 is 0 Å². The highest BCUT2D eigenvalue weighted by atomic mass is 16.5. The van der Waals surface area contributed by atoms with Crippen LogP contribution in [0.15, 0.2) is 0 Å². The normalized spacial score (nSPS) is 24.6. The van der Waals surface area contributed by atoms with Crippen LogP contribution in [-0.2, 0) is 4.74 Å². The van der Waals surface area contributed by atoms with Gasteiger partial charge in [0.1, 0.15) is 0 Å². The first-order valence-electron chi connectivity index (χ1n) is 5.51. The molecule has 1 N–H and O–H groups in total. The molecule has 0 saturated carbocycles. The van der Waals surface area contributed by atoms with Crippen LogP contribution in [0.4, 0.5) is 0 Å². The Morgan fingerprint density at radius 2 is 2.29 bits per heavy atom. The standard InChI is InChI=1S/C10H23N3O/c1-4-5-6-10-9-13(7-8-14-3)11-12(10)2/h10-11H,4-9H2,1-3H3. The fourth-order valence-corrected chi connectivity index (χ4v) is 1.79. The average molecular weight is 201 g/mol. The molecular formula is C10H23N3O. The van der Waals surface area contributed by atoms with Gasteiger partial charge in [-0.2, -0.15) is 5.53 Å². The number of hydrogen-bond donors (Lipinski definition) is 1. The Balaban J connectivity index is 2.21. The van der Waals surface area contributed by atoms with Crippen LogP contribution >= 0.6 is 0 Å². The van der Waals surface area contributed by atoms with Gasteiger partial charge in [-0.3, -0.25) is 0 Å². The summed E-state index contributed by atoms with van der Waals surface area (Å²) in [5.41, 5.74) is 3.33. The predicted molar refractivity (Wildman–Crippen MR) is 57.7 cm³/mol. The Morgan fingerprint density at radius 3 is 2.93 bits per heavy atom. The van der Waals surface area contributed by atoms with Crippen molar-refractivity contribution in [3.05, 3.63) is 0 Å². The zero-order chi connectivity index (χ0) is 10.4. The van der Waals surface area contributed by atoms with Crippen molar-refractivity contribution in [1.82, 2.24) is 15.6 Å². The summed E-state index contributed by atoms with van der Waals surface area (Å²) in [4.78, 5) is 0. The highest BCUT2D eigenvalue weighted by Crippen LogP contribution is 2.12. The molecule has 0 aliphatic carbocycles. The van der Waals surface area contributed by atoms with Crippen LogP contribution in [0.5, 0.6) is 0 Å². The summed E-state index contributed by atoms with van der Waals surface area (Å²) in [6.45, 7) is 5.11. The highest BCUT2D eigenvalue weighted by molar-refractivity contribution is 4.75. The fourth-order valence-electron chi connectivity index (χ4n) is 1.79. The van der Waals surface area contributed by atoms with Crippen molar-refractivity contribution in [2.75, 3.05) is 33.9 Å². The van der Waals surface area contributed by atoms with Crippen molar-refractivity contribution in [3.63, 3.8) is 0 Å². The number of hydrazine groups is 2. The molecule has 1 atom stereocenters. The molecule has 0 bridgehead atoms. The summed E-state index contributed by atoms with van der Waals surface area (Å²) < 4.78 is 5.06. The number of nitrogens with one attached hydrogen (secondary N) is 1. The largest absolute Gasteiger partial charge is 0.383 e. The van der Waals surface area contributed by atoms with Crippen molar-refractivity contribution < 1.29 is 4.74 Å². The van der Waals surface area contributed by atoms with Gasteiger partial charge in [0.25, 0.3) is 0 Å². The van der Waals surface area contributed by atoms with Gasteiger partial charge in [0.15, 0.2) is 0 Å². The van der Waals surface area contributed by atoms with Crippen LogP contribution in [-0.4, -0.2) is 49.9 Å². The molecule has 14 heavy (non-hydrogen) atoms. The Kier molecular flexibility index (Phi) is 5.40. The Hall–Kier alpha value is -0.160. The van der Waals surface area contributed by atoms with Crippen LogP contribution in [0.25, 0.3) is 0 Å². The molecule has 1 aliphatic rings. The first-order chi connectivity index (χ1) is 6.77. The van der Waals surface area contributed by atoms with Crippen LogP contribution in [0.2, 0.25) is 0 Å². The van der Waals surface area contributed by atoms with Crippen molar-refractivity contribution in [1.29, 1.82) is 0 Å². The summed E-state index contributed by atoms with van der Waals surface area (Å²) >= 11 is 0. The van der Waals surface area contributed by atoms with Crippen LogP contribution in [0.1, 0.15) is 26.2 Å². The molecule has 1 fully saturated rings. The Morgan fingerprint density at radius 1 is 1.50 bits per heavy atom. The van der Waals surface area contributed by atoms with E-state index in [-0.39, 0.29) is 0 Å². The zero-order valence-electron chi connectivity index (χ0n) is 9.62. The van der Waals surface area contributed by atoms with Crippen molar-refractivity contribution in [2.45, 2.75) is 32.2 Å². The minimum Gasteiger partial charge on any atom is -0.383 e. The van der Waals surface area contributed by atoms with E-state index in [9.17, 15) is 0 Å². The third kappa shape index (κ3) is 3.53. The fraction of sp³-hybridized carbons (Fsp3) is 1.00. The second-order valence-electron chi connectivity index (χ2n) is 3.95. The lowest BCUT2D eigenvalue weighted by Crippen LogP contribution is -2.39. The maximum absolute atomic E-state index is 5.06. The van der Waals surface area contributed by atoms with Gasteiger partial charge in [-0.1, -0.05) is 19.8 Å². The number of unbranched alkanes of at least 4 members (excludes halogenated alkanes) is 1. The summed E-state index contributed by atoms with van der Waals surface area (Å²) in [6.07, 6.45) is 3.88. The molecule has 0 radical (unpaired) electrons. The second kappa shape index (κ2) is 6.35. The number of rotatable bonds is 6. The first kappa shape index (κ1) is 11.9. The van der Waals surface area contributed by atoms with E-state index >= 15 is 0 Å². The number of likely N-dealkylation sites (N-methyl/N-ethyl adjacent to an activating group) is 1. The number of methoxy groups -OCH3 is 1. The summed E-state index contributed by atoms with van der Waals surface area (Å²) in [5, 5.41) is 4.44. The molecular weight excluding hydrogens is 178 g/mol. The summed E-state index contributed by atoms with van der Waals surface area (Å²) in [5.74, 6) is 0. The van der Waals surface area contributed by atoms with E-state index in [4.69, 9.17) is 4.74 Å². The van der Waals surface area contributed by atoms with Gasteiger partial charge in [0.2, 0.25) is 0 Å². The summed E-state index contributed by atoms with van der Waals surface area (Å²) in [6, 6.07) is 0.659. The molecule has 4 heteroatoms. The molecule has 1 rings (SSSR count). The molecule has 1 aliphatic heterocycles. The van der Waals surface area contributed by atoms with Gasteiger partial charge in [0.05, 0.1) is 6.61 Å². The first-order valence-corrected chi connectivity index (χ1v) is 5.51. The lowest BCUT2D eigenvalue weighted by molar-refractivity contribution is 0.0928. The van der Waals surface area contributed by atoms with E-state index in [1.54, 1.807) is 7.11 Å². The number of ether oxygens (including phenoxy) is 1. The lowest BCUT2D eigenvalue weighted by atomic mass is 10.1. The average Bonchev–Trinajstić information content (AvgIpc) is 2.53.